The number of piperidine rings is 1. The molecule has 0 aliphatic carbocycles. The normalized spacial score (nSPS) is 26.1. The first-order valence-corrected chi connectivity index (χ1v) is 8.32. The van der Waals surface area contributed by atoms with Crippen molar-refractivity contribution in [2.24, 2.45) is 10.9 Å². The molecular formula is C16H24BrN3. The summed E-state index contributed by atoms with van der Waals surface area (Å²) in [6.07, 6.45) is 9.80. The van der Waals surface area contributed by atoms with E-state index in [9.17, 15) is 0 Å². The van der Waals surface area contributed by atoms with Gasteiger partial charge in [-0.25, -0.2) is 0 Å². The molecule has 2 heterocycles. The molecule has 0 saturated carbocycles. The summed E-state index contributed by atoms with van der Waals surface area (Å²) < 4.78 is 0. The van der Waals surface area contributed by atoms with E-state index in [1.165, 1.54) is 31.5 Å². The minimum Gasteiger partial charge on any atom is -0.336 e. The third kappa shape index (κ3) is 3.61. The van der Waals surface area contributed by atoms with E-state index in [1.807, 2.05) is 6.08 Å². The van der Waals surface area contributed by atoms with Crippen LogP contribution in [0.3, 0.4) is 0 Å². The molecule has 0 aromatic carbocycles. The number of rotatable bonds is 3. The highest BCUT2D eigenvalue weighted by molar-refractivity contribution is 9.09. The van der Waals surface area contributed by atoms with Crippen molar-refractivity contribution in [2.45, 2.75) is 19.3 Å². The Morgan fingerprint density at radius 1 is 1.40 bits per heavy atom. The molecule has 0 unspecified atom stereocenters. The zero-order chi connectivity index (χ0) is 14.5. The SMILES string of the molecule is C=C/C=C1/CC(C2CCN(C)CC2)=CN(C)/C1=N/CBr. The van der Waals surface area contributed by atoms with Gasteiger partial charge in [-0.3, -0.25) is 4.99 Å². The Balaban J connectivity index is 2.20. The first-order chi connectivity index (χ1) is 9.65. The van der Waals surface area contributed by atoms with E-state index in [4.69, 9.17) is 0 Å². The van der Waals surface area contributed by atoms with Gasteiger partial charge < -0.3 is 9.80 Å². The van der Waals surface area contributed by atoms with Gasteiger partial charge in [0.1, 0.15) is 5.84 Å². The average molecular weight is 338 g/mol. The smallest absolute Gasteiger partial charge is 0.131 e. The lowest BCUT2D eigenvalue weighted by molar-refractivity contribution is 0.235. The molecule has 0 radical (unpaired) electrons. The number of halogens is 1. The number of likely N-dealkylation sites (tertiary alicyclic amines) is 1. The molecule has 1 fully saturated rings. The van der Waals surface area contributed by atoms with Crippen molar-refractivity contribution in [3.05, 3.63) is 36.1 Å². The van der Waals surface area contributed by atoms with Crippen LogP contribution in [-0.4, -0.2) is 48.3 Å². The first-order valence-electron chi connectivity index (χ1n) is 7.20. The molecular weight excluding hydrogens is 314 g/mol. The van der Waals surface area contributed by atoms with E-state index in [-0.39, 0.29) is 0 Å². The first kappa shape index (κ1) is 15.5. The Kier molecular flexibility index (Phi) is 5.61. The lowest BCUT2D eigenvalue weighted by atomic mass is 9.84. The van der Waals surface area contributed by atoms with Gasteiger partial charge in [0, 0.05) is 13.2 Å². The largest absolute Gasteiger partial charge is 0.336 e. The fourth-order valence-corrected chi connectivity index (χ4v) is 3.29. The molecule has 0 spiro atoms. The molecule has 3 nitrogen and oxygen atoms in total. The van der Waals surface area contributed by atoms with Gasteiger partial charge in [0.05, 0.1) is 5.45 Å². The van der Waals surface area contributed by atoms with Gasteiger partial charge in [-0.1, -0.05) is 34.7 Å². The van der Waals surface area contributed by atoms with Gasteiger partial charge in [0.15, 0.2) is 0 Å². The molecule has 4 heteroatoms. The van der Waals surface area contributed by atoms with Crippen LogP contribution in [-0.2, 0) is 0 Å². The highest BCUT2D eigenvalue weighted by Gasteiger charge is 2.26. The molecule has 0 aromatic rings. The minimum absolute atomic E-state index is 0.637. The average Bonchev–Trinajstić information content (AvgIpc) is 2.43. The zero-order valence-corrected chi connectivity index (χ0v) is 14.1. The molecule has 0 atom stereocenters. The van der Waals surface area contributed by atoms with Crippen LogP contribution in [0.15, 0.2) is 41.1 Å². The second kappa shape index (κ2) is 7.23. The van der Waals surface area contributed by atoms with Crippen molar-refractivity contribution >= 4 is 21.8 Å². The van der Waals surface area contributed by atoms with E-state index >= 15 is 0 Å². The van der Waals surface area contributed by atoms with Gasteiger partial charge in [0.2, 0.25) is 0 Å². The van der Waals surface area contributed by atoms with Crippen LogP contribution in [0, 0.1) is 5.92 Å². The molecule has 0 amide bonds. The number of hydrogen-bond donors (Lipinski definition) is 0. The number of allylic oxidation sites excluding steroid dienone is 3. The third-order valence-corrected chi connectivity index (χ3v) is 4.40. The van der Waals surface area contributed by atoms with Crippen molar-refractivity contribution in [3.8, 4) is 0 Å². The second-order valence-electron chi connectivity index (χ2n) is 5.60. The van der Waals surface area contributed by atoms with Gasteiger partial charge in [-0.05, 0) is 56.5 Å². The zero-order valence-electron chi connectivity index (χ0n) is 12.5. The molecule has 20 heavy (non-hydrogen) atoms. The maximum atomic E-state index is 4.55. The second-order valence-corrected chi connectivity index (χ2v) is 6.10. The maximum Gasteiger partial charge on any atom is 0.131 e. The molecule has 0 aromatic heterocycles. The molecule has 2 aliphatic rings. The number of hydrogen-bond acceptors (Lipinski definition) is 2. The van der Waals surface area contributed by atoms with Gasteiger partial charge >= 0.3 is 0 Å². The van der Waals surface area contributed by atoms with E-state index in [1.54, 1.807) is 5.57 Å². The van der Waals surface area contributed by atoms with Crippen molar-refractivity contribution in [2.75, 3.05) is 32.6 Å². The lowest BCUT2D eigenvalue weighted by Crippen LogP contribution is -2.34. The van der Waals surface area contributed by atoms with Crippen LogP contribution < -0.4 is 0 Å². The topological polar surface area (TPSA) is 18.8 Å². The third-order valence-electron chi connectivity index (χ3n) is 4.15. The van der Waals surface area contributed by atoms with Crippen LogP contribution >= 0.6 is 15.9 Å². The predicted molar refractivity (Wildman–Crippen MR) is 90.2 cm³/mol. The van der Waals surface area contributed by atoms with Crippen molar-refractivity contribution in [3.63, 3.8) is 0 Å². The lowest BCUT2D eigenvalue weighted by Gasteiger charge is -2.35. The Bertz CT molecular complexity index is 443. The number of aliphatic imine (C=N–C) groups is 1. The summed E-state index contributed by atoms with van der Waals surface area (Å²) in [5, 5.41) is 0. The molecule has 110 valence electrons. The van der Waals surface area contributed by atoms with Crippen LogP contribution in [0.2, 0.25) is 0 Å². The predicted octanol–water partition coefficient (Wildman–Crippen LogP) is 3.41. The Labute approximate surface area is 130 Å². The summed E-state index contributed by atoms with van der Waals surface area (Å²) in [6.45, 7) is 6.24. The number of nitrogens with zero attached hydrogens (tertiary/aromatic N) is 3. The summed E-state index contributed by atoms with van der Waals surface area (Å²) in [5.41, 5.74) is 3.46. The summed E-state index contributed by atoms with van der Waals surface area (Å²) in [4.78, 5) is 9.13. The molecule has 0 N–H and O–H groups in total. The Morgan fingerprint density at radius 3 is 2.70 bits per heavy atom. The summed E-state index contributed by atoms with van der Waals surface area (Å²) >= 11 is 3.40. The van der Waals surface area contributed by atoms with Gasteiger partial charge in [-0.2, -0.15) is 0 Å². The Hall–Kier alpha value is -0.870. The standard InChI is InChI=1S/C16H24BrN3/c1-4-5-14-10-15(11-20(3)16(14)18-12-17)13-6-8-19(2)9-7-13/h4-5,11,13H,1,6-10,12H2,2-3H3/b14-5-,18-16+. The molecule has 1 saturated heterocycles. The van der Waals surface area contributed by atoms with Crippen LogP contribution in [0.4, 0.5) is 0 Å². The summed E-state index contributed by atoms with van der Waals surface area (Å²) in [5.74, 6) is 1.77. The summed E-state index contributed by atoms with van der Waals surface area (Å²) in [6, 6.07) is 0. The fourth-order valence-electron chi connectivity index (χ4n) is 3.06. The summed E-state index contributed by atoms with van der Waals surface area (Å²) in [7, 11) is 4.30. The van der Waals surface area contributed by atoms with Gasteiger partial charge in [0.25, 0.3) is 0 Å². The van der Waals surface area contributed by atoms with E-state index in [2.05, 4.69) is 63.7 Å². The van der Waals surface area contributed by atoms with E-state index in [0.717, 1.165) is 12.3 Å². The van der Waals surface area contributed by atoms with Gasteiger partial charge in [-0.15, -0.1) is 0 Å². The molecule has 2 aliphatic heterocycles. The van der Waals surface area contributed by atoms with Crippen molar-refractivity contribution < 1.29 is 0 Å². The Morgan fingerprint density at radius 2 is 2.10 bits per heavy atom. The number of alkyl halides is 1. The highest BCUT2D eigenvalue weighted by atomic mass is 79.9. The molecule has 2 rings (SSSR count). The van der Waals surface area contributed by atoms with Crippen LogP contribution in [0.5, 0.6) is 0 Å². The van der Waals surface area contributed by atoms with Crippen LogP contribution in [0.25, 0.3) is 0 Å². The highest BCUT2D eigenvalue weighted by Crippen LogP contribution is 2.32. The fraction of sp³-hybridized carbons (Fsp3) is 0.562. The quantitative estimate of drug-likeness (QED) is 0.580. The maximum absolute atomic E-state index is 4.55. The minimum atomic E-state index is 0.637. The van der Waals surface area contributed by atoms with E-state index in [0.29, 0.717) is 11.4 Å². The number of likely N-dealkylation sites (N-methyl/N-ethyl adjacent to an activating group) is 1. The van der Waals surface area contributed by atoms with Crippen LogP contribution in [0.1, 0.15) is 19.3 Å². The van der Waals surface area contributed by atoms with Crippen molar-refractivity contribution in [1.82, 2.24) is 9.80 Å². The van der Waals surface area contributed by atoms with E-state index < -0.39 is 0 Å². The van der Waals surface area contributed by atoms with Crippen molar-refractivity contribution in [1.29, 1.82) is 0 Å². The molecule has 0 bridgehead atoms. The number of amidine groups is 1. The monoisotopic (exact) mass is 337 g/mol.